The molecule has 0 heterocycles. The second kappa shape index (κ2) is 6.52. The van der Waals surface area contributed by atoms with Gasteiger partial charge in [0.15, 0.2) is 0 Å². The molecule has 0 aromatic carbocycles. The zero-order chi connectivity index (χ0) is 23.5. The molecule has 0 aliphatic heterocycles. The molecule has 4 saturated carbocycles. The Morgan fingerprint density at radius 1 is 0.844 bits per heavy atom. The summed E-state index contributed by atoms with van der Waals surface area (Å²) in [5.41, 5.74) is 2.45. The predicted molar refractivity (Wildman–Crippen MR) is 131 cm³/mol. The second-order valence-electron chi connectivity index (χ2n) is 15.1. The normalized spacial score (nSPS) is 53.9. The molecule has 0 radical (unpaired) electrons. The number of fused-ring (bicyclic) bond motifs is 7. The van der Waals surface area contributed by atoms with Crippen LogP contribution in [-0.2, 0) is 4.79 Å². The summed E-state index contributed by atoms with van der Waals surface area (Å²) >= 11 is 0. The fourth-order valence-electron chi connectivity index (χ4n) is 10.6. The van der Waals surface area contributed by atoms with Crippen LogP contribution in [0.4, 0.5) is 0 Å². The third kappa shape index (κ3) is 2.71. The number of allylic oxidation sites excluding steroid dienone is 2. The van der Waals surface area contributed by atoms with Crippen molar-refractivity contribution >= 4 is 5.78 Å². The highest BCUT2D eigenvalue weighted by atomic mass is 16.3. The Hall–Kier alpha value is -0.630. The Morgan fingerprint density at radius 3 is 2.19 bits per heavy atom. The average molecular weight is 441 g/mol. The first-order valence-electron chi connectivity index (χ1n) is 13.6. The van der Waals surface area contributed by atoms with E-state index < -0.39 is 5.41 Å². The summed E-state index contributed by atoms with van der Waals surface area (Å²) in [6, 6.07) is 0. The Balaban J connectivity index is 1.60. The van der Waals surface area contributed by atoms with Crippen LogP contribution in [0.3, 0.4) is 0 Å². The van der Waals surface area contributed by atoms with Crippen molar-refractivity contribution < 1.29 is 9.90 Å². The van der Waals surface area contributed by atoms with E-state index >= 15 is 0 Å². The number of hydrogen-bond donors (Lipinski definition) is 1. The summed E-state index contributed by atoms with van der Waals surface area (Å²) in [4.78, 5) is 12.9. The average Bonchev–Trinajstić information content (AvgIpc) is 2.67. The SMILES string of the molecule is CC1(C)C=C2C3CCC4[C@@]5(C)CCC(=O)C(C)(C)C5[C@H](O)C[C@@]4(C)[C@]3(C)CC[C@@]2(C)CC1. The van der Waals surface area contributed by atoms with Crippen molar-refractivity contribution in [2.24, 2.45) is 50.2 Å². The van der Waals surface area contributed by atoms with Crippen molar-refractivity contribution in [1.29, 1.82) is 0 Å². The molecule has 3 unspecified atom stereocenters. The molecule has 0 spiro atoms. The number of rotatable bonds is 0. The van der Waals surface area contributed by atoms with Crippen LogP contribution in [0.5, 0.6) is 0 Å². The number of aliphatic hydroxyl groups excluding tert-OH is 1. The first-order valence-corrected chi connectivity index (χ1v) is 13.6. The monoisotopic (exact) mass is 440 g/mol. The van der Waals surface area contributed by atoms with E-state index in [0.717, 1.165) is 12.8 Å². The molecular weight excluding hydrogens is 392 g/mol. The van der Waals surface area contributed by atoms with Gasteiger partial charge in [-0.2, -0.15) is 0 Å². The minimum atomic E-state index is -0.410. The molecule has 0 saturated heterocycles. The van der Waals surface area contributed by atoms with Gasteiger partial charge in [0.05, 0.1) is 6.10 Å². The molecule has 0 amide bonds. The summed E-state index contributed by atoms with van der Waals surface area (Å²) in [6.45, 7) is 19.2. The lowest BCUT2D eigenvalue weighted by Gasteiger charge is -2.72. The molecule has 4 fully saturated rings. The summed E-state index contributed by atoms with van der Waals surface area (Å²) in [5.74, 6) is 1.70. The minimum Gasteiger partial charge on any atom is -0.393 e. The molecule has 32 heavy (non-hydrogen) atoms. The second-order valence-corrected chi connectivity index (χ2v) is 15.1. The third-order valence-corrected chi connectivity index (χ3v) is 12.6. The zero-order valence-corrected chi connectivity index (χ0v) is 22.1. The van der Waals surface area contributed by atoms with Crippen molar-refractivity contribution in [3.63, 3.8) is 0 Å². The van der Waals surface area contributed by atoms with E-state index in [9.17, 15) is 9.90 Å². The number of carbonyl (C=O) groups is 1. The van der Waals surface area contributed by atoms with Crippen LogP contribution in [0.2, 0.25) is 0 Å². The van der Waals surface area contributed by atoms with Gasteiger partial charge < -0.3 is 5.11 Å². The van der Waals surface area contributed by atoms with E-state index in [1.807, 2.05) is 0 Å². The number of aliphatic hydroxyl groups is 1. The maximum atomic E-state index is 12.9. The predicted octanol–water partition coefficient (Wildman–Crippen LogP) is 7.35. The molecule has 0 bridgehead atoms. The van der Waals surface area contributed by atoms with Gasteiger partial charge in [-0.25, -0.2) is 0 Å². The number of ketones is 1. The van der Waals surface area contributed by atoms with Crippen LogP contribution < -0.4 is 0 Å². The quantitative estimate of drug-likeness (QED) is 0.400. The van der Waals surface area contributed by atoms with Crippen LogP contribution in [0.1, 0.15) is 113 Å². The first kappa shape index (κ1) is 23.1. The van der Waals surface area contributed by atoms with Crippen molar-refractivity contribution in [2.75, 3.05) is 0 Å². The molecule has 0 aromatic heterocycles. The van der Waals surface area contributed by atoms with E-state index in [4.69, 9.17) is 0 Å². The molecule has 5 rings (SSSR count). The largest absolute Gasteiger partial charge is 0.393 e. The van der Waals surface area contributed by atoms with E-state index in [2.05, 4.69) is 61.5 Å². The summed E-state index contributed by atoms with van der Waals surface area (Å²) < 4.78 is 0. The van der Waals surface area contributed by atoms with Crippen LogP contribution in [-0.4, -0.2) is 17.0 Å². The zero-order valence-electron chi connectivity index (χ0n) is 22.1. The fourth-order valence-corrected chi connectivity index (χ4v) is 10.6. The van der Waals surface area contributed by atoms with Crippen molar-refractivity contribution in [2.45, 2.75) is 119 Å². The van der Waals surface area contributed by atoms with Gasteiger partial charge in [-0.1, -0.05) is 67.0 Å². The van der Waals surface area contributed by atoms with Crippen LogP contribution in [0, 0.1) is 50.2 Å². The standard InChI is InChI=1S/C30H48O2/c1-25(2)13-14-27(5)15-16-29(7)19(20(27)17-25)9-10-22-28(6)12-11-23(32)26(3,4)24(28)21(31)18-30(22,29)8/h17,19,21-22,24,31H,9-16,18H2,1-8H3/t19?,21-,22?,24?,27-,28-,29-,30-/m1/s1. The van der Waals surface area contributed by atoms with E-state index in [1.165, 1.54) is 38.5 Å². The number of carbonyl (C=O) groups excluding carboxylic acids is 1. The smallest absolute Gasteiger partial charge is 0.138 e. The van der Waals surface area contributed by atoms with Gasteiger partial charge in [-0.05, 0) is 90.3 Å². The van der Waals surface area contributed by atoms with Gasteiger partial charge in [0.2, 0.25) is 0 Å². The number of Topliss-reactive ketones (excluding diaryl/α,β-unsaturated/α-hetero) is 1. The van der Waals surface area contributed by atoms with E-state index in [1.54, 1.807) is 5.57 Å². The van der Waals surface area contributed by atoms with Crippen molar-refractivity contribution in [3.05, 3.63) is 11.6 Å². The third-order valence-electron chi connectivity index (χ3n) is 12.6. The topological polar surface area (TPSA) is 37.3 Å². The van der Waals surface area contributed by atoms with E-state index in [-0.39, 0.29) is 28.3 Å². The van der Waals surface area contributed by atoms with Gasteiger partial charge in [-0.3, -0.25) is 4.79 Å². The van der Waals surface area contributed by atoms with Crippen LogP contribution >= 0.6 is 0 Å². The molecule has 5 aliphatic rings. The Kier molecular flexibility index (Phi) is 4.71. The fraction of sp³-hybridized carbons (Fsp3) is 0.900. The maximum absolute atomic E-state index is 12.9. The minimum absolute atomic E-state index is 0.0543. The highest BCUT2D eigenvalue weighted by Gasteiger charge is 2.70. The molecule has 5 aliphatic carbocycles. The molecular formula is C30H48O2. The Bertz CT molecular complexity index is 866. The molecule has 2 nitrogen and oxygen atoms in total. The Morgan fingerprint density at radius 2 is 1.50 bits per heavy atom. The highest BCUT2D eigenvalue weighted by Crippen LogP contribution is 2.76. The van der Waals surface area contributed by atoms with Crippen LogP contribution in [0.15, 0.2) is 11.6 Å². The van der Waals surface area contributed by atoms with Gasteiger partial charge in [0, 0.05) is 17.8 Å². The van der Waals surface area contributed by atoms with Crippen molar-refractivity contribution in [1.82, 2.24) is 0 Å². The lowest BCUT2D eigenvalue weighted by molar-refractivity contribution is -0.242. The molecule has 2 heteroatoms. The van der Waals surface area contributed by atoms with Gasteiger partial charge in [0.25, 0.3) is 0 Å². The summed E-state index contributed by atoms with van der Waals surface area (Å²) in [5, 5.41) is 11.7. The first-order chi connectivity index (χ1) is 14.6. The Labute approximate surface area is 197 Å². The molecule has 8 atom stereocenters. The van der Waals surface area contributed by atoms with Gasteiger partial charge in [-0.15, -0.1) is 0 Å². The molecule has 180 valence electrons. The lowest BCUT2D eigenvalue weighted by atomic mass is 9.32. The van der Waals surface area contributed by atoms with Crippen LogP contribution in [0.25, 0.3) is 0 Å². The van der Waals surface area contributed by atoms with Crippen molar-refractivity contribution in [3.8, 4) is 0 Å². The summed E-state index contributed by atoms with van der Waals surface area (Å²) in [7, 11) is 0. The highest BCUT2D eigenvalue weighted by molar-refractivity contribution is 5.85. The van der Waals surface area contributed by atoms with E-state index in [0.29, 0.717) is 34.9 Å². The molecule has 0 aromatic rings. The number of hydrogen-bond acceptors (Lipinski definition) is 2. The molecule has 1 N–H and O–H groups in total. The van der Waals surface area contributed by atoms with Gasteiger partial charge in [0.1, 0.15) is 5.78 Å². The lowest BCUT2D eigenvalue weighted by Crippen LogP contribution is -2.68. The van der Waals surface area contributed by atoms with Gasteiger partial charge >= 0.3 is 0 Å². The maximum Gasteiger partial charge on any atom is 0.138 e. The summed E-state index contributed by atoms with van der Waals surface area (Å²) in [6.07, 6.45) is 12.6.